The minimum atomic E-state index is -0.313. The van der Waals surface area contributed by atoms with Crippen LogP contribution in [0.4, 0.5) is 0 Å². The molecule has 2 aliphatic rings. The van der Waals surface area contributed by atoms with Crippen molar-refractivity contribution in [2.45, 2.75) is 72.8 Å². The largest absolute Gasteiger partial charge is 0.388 e. The van der Waals surface area contributed by atoms with E-state index in [9.17, 15) is 5.11 Å². The molecule has 0 bridgehead atoms. The van der Waals surface area contributed by atoms with Crippen molar-refractivity contribution in [3.05, 3.63) is 34.9 Å². The van der Waals surface area contributed by atoms with Crippen molar-refractivity contribution < 1.29 is 5.11 Å². The summed E-state index contributed by atoms with van der Waals surface area (Å²) in [5, 5.41) is 10.2. The van der Waals surface area contributed by atoms with E-state index in [1.807, 2.05) is 0 Å². The van der Waals surface area contributed by atoms with Crippen molar-refractivity contribution in [1.29, 1.82) is 0 Å². The lowest BCUT2D eigenvalue weighted by molar-refractivity contribution is 0.183. The molecule has 2 rings (SSSR count). The van der Waals surface area contributed by atoms with E-state index in [4.69, 9.17) is 0 Å². The third kappa shape index (κ3) is 3.51. The van der Waals surface area contributed by atoms with Gasteiger partial charge in [-0.05, 0) is 68.8 Å². The SMILES string of the molecule is C/C1=C\C[C@@H](O)/C(C)=C/CC2=CC[C@@H](C(C)C)[C@]2(C)CC1. The summed E-state index contributed by atoms with van der Waals surface area (Å²) in [4.78, 5) is 0. The van der Waals surface area contributed by atoms with E-state index in [0.29, 0.717) is 5.41 Å². The normalized spacial score (nSPS) is 39.7. The maximum atomic E-state index is 10.2. The third-order valence-corrected chi connectivity index (χ3v) is 5.87. The summed E-state index contributed by atoms with van der Waals surface area (Å²) >= 11 is 0. The summed E-state index contributed by atoms with van der Waals surface area (Å²) < 4.78 is 0. The fourth-order valence-corrected chi connectivity index (χ4v) is 4.14. The molecule has 118 valence electrons. The Bertz CT molecular complexity index is 466. The van der Waals surface area contributed by atoms with Gasteiger partial charge in [0.2, 0.25) is 0 Å². The molecular formula is C20H32O. The van der Waals surface area contributed by atoms with Gasteiger partial charge in [0.1, 0.15) is 0 Å². The summed E-state index contributed by atoms with van der Waals surface area (Å²) in [5.41, 5.74) is 4.48. The summed E-state index contributed by atoms with van der Waals surface area (Å²) in [5.74, 6) is 1.49. The van der Waals surface area contributed by atoms with E-state index in [1.165, 1.54) is 18.4 Å². The minimum absolute atomic E-state index is 0.313. The molecule has 0 aromatic heterocycles. The van der Waals surface area contributed by atoms with Crippen molar-refractivity contribution in [1.82, 2.24) is 0 Å². The number of fused-ring (bicyclic) bond motifs is 1. The van der Waals surface area contributed by atoms with Crippen LogP contribution in [0.5, 0.6) is 0 Å². The zero-order valence-electron chi connectivity index (χ0n) is 14.4. The minimum Gasteiger partial charge on any atom is -0.388 e. The Morgan fingerprint density at radius 3 is 2.52 bits per heavy atom. The molecule has 0 heterocycles. The Balaban J connectivity index is 2.32. The molecule has 0 spiro atoms. The van der Waals surface area contributed by atoms with Gasteiger partial charge in [-0.25, -0.2) is 0 Å². The maximum Gasteiger partial charge on any atom is 0.0782 e. The fourth-order valence-electron chi connectivity index (χ4n) is 4.14. The van der Waals surface area contributed by atoms with E-state index in [0.717, 1.165) is 36.7 Å². The molecular weight excluding hydrogens is 256 g/mol. The summed E-state index contributed by atoms with van der Waals surface area (Å²) in [6.07, 6.45) is 12.1. The molecule has 0 aromatic carbocycles. The van der Waals surface area contributed by atoms with E-state index in [-0.39, 0.29) is 6.10 Å². The Hall–Kier alpha value is -0.820. The summed E-state index contributed by atoms with van der Waals surface area (Å²) in [7, 11) is 0. The zero-order valence-corrected chi connectivity index (χ0v) is 14.4. The highest BCUT2D eigenvalue weighted by atomic mass is 16.3. The first-order chi connectivity index (χ1) is 9.84. The number of hydrogen-bond acceptors (Lipinski definition) is 1. The number of allylic oxidation sites excluding steroid dienone is 4. The first kappa shape index (κ1) is 16.5. The molecule has 0 radical (unpaired) electrons. The Kier molecular flexibility index (Phi) is 5.14. The van der Waals surface area contributed by atoms with Gasteiger partial charge >= 0.3 is 0 Å². The molecule has 0 aromatic rings. The molecule has 3 atom stereocenters. The van der Waals surface area contributed by atoms with Crippen LogP contribution in [0.3, 0.4) is 0 Å². The quantitative estimate of drug-likeness (QED) is 0.638. The molecule has 0 fully saturated rings. The van der Waals surface area contributed by atoms with Crippen LogP contribution < -0.4 is 0 Å². The summed E-state index contributed by atoms with van der Waals surface area (Å²) in [6, 6.07) is 0. The fraction of sp³-hybridized carbons (Fsp3) is 0.700. The average Bonchev–Trinajstić information content (AvgIpc) is 2.76. The molecule has 0 saturated carbocycles. The zero-order chi connectivity index (χ0) is 15.6. The van der Waals surface area contributed by atoms with Gasteiger partial charge < -0.3 is 5.11 Å². The number of aliphatic hydroxyl groups is 1. The van der Waals surface area contributed by atoms with E-state index >= 15 is 0 Å². The van der Waals surface area contributed by atoms with Crippen LogP contribution in [0.25, 0.3) is 0 Å². The molecule has 0 unspecified atom stereocenters. The molecule has 0 amide bonds. The highest BCUT2D eigenvalue weighted by Gasteiger charge is 2.41. The highest BCUT2D eigenvalue weighted by Crippen LogP contribution is 2.52. The van der Waals surface area contributed by atoms with Crippen LogP contribution in [-0.4, -0.2) is 11.2 Å². The predicted molar refractivity (Wildman–Crippen MR) is 91.1 cm³/mol. The number of hydrogen-bond donors (Lipinski definition) is 1. The second-order valence-corrected chi connectivity index (χ2v) is 7.69. The second-order valence-electron chi connectivity index (χ2n) is 7.69. The van der Waals surface area contributed by atoms with Gasteiger partial charge in [0.15, 0.2) is 0 Å². The average molecular weight is 288 g/mol. The van der Waals surface area contributed by atoms with Gasteiger partial charge in [-0.2, -0.15) is 0 Å². The van der Waals surface area contributed by atoms with E-state index in [2.05, 4.69) is 52.8 Å². The van der Waals surface area contributed by atoms with E-state index in [1.54, 1.807) is 5.57 Å². The van der Waals surface area contributed by atoms with Crippen LogP contribution >= 0.6 is 0 Å². The predicted octanol–water partition coefficient (Wildman–Crippen LogP) is 5.42. The van der Waals surface area contributed by atoms with Crippen molar-refractivity contribution in [3.63, 3.8) is 0 Å². The number of aliphatic hydroxyl groups excluding tert-OH is 1. The first-order valence-corrected chi connectivity index (χ1v) is 8.54. The van der Waals surface area contributed by atoms with Gasteiger partial charge in [0, 0.05) is 0 Å². The Morgan fingerprint density at radius 2 is 1.86 bits per heavy atom. The monoisotopic (exact) mass is 288 g/mol. The van der Waals surface area contributed by atoms with Gasteiger partial charge in [0.05, 0.1) is 6.10 Å². The lowest BCUT2D eigenvalue weighted by atomic mass is 9.67. The standard InChI is InChI=1S/C20H32O/c1-14(2)18-10-9-17-8-7-16(4)19(21)11-6-15(3)12-13-20(17,18)5/h6-7,9,14,18-19,21H,8,10-13H2,1-5H3/b15-6+,16-7+/t18-,19+,20+/m0/s1. The van der Waals surface area contributed by atoms with Crippen molar-refractivity contribution in [2.75, 3.05) is 0 Å². The number of rotatable bonds is 1. The summed E-state index contributed by atoms with van der Waals surface area (Å²) in [6.45, 7) is 11.5. The molecule has 1 heteroatoms. The van der Waals surface area contributed by atoms with Crippen LogP contribution in [0, 0.1) is 17.3 Å². The van der Waals surface area contributed by atoms with Crippen molar-refractivity contribution in [3.8, 4) is 0 Å². The molecule has 1 N–H and O–H groups in total. The second kappa shape index (κ2) is 6.52. The first-order valence-electron chi connectivity index (χ1n) is 8.54. The van der Waals surface area contributed by atoms with Crippen LogP contribution in [0.1, 0.15) is 66.7 Å². The highest BCUT2D eigenvalue weighted by molar-refractivity contribution is 5.27. The van der Waals surface area contributed by atoms with Crippen LogP contribution in [-0.2, 0) is 0 Å². The van der Waals surface area contributed by atoms with Gasteiger partial charge in [-0.15, -0.1) is 0 Å². The van der Waals surface area contributed by atoms with Gasteiger partial charge in [0.25, 0.3) is 0 Å². The topological polar surface area (TPSA) is 20.2 Å². The Morgan fingerprint density at radius 1 is 1.14 bits per heavy atom. The smallest absolute Gasteiger partial charge is 0.0782 e. The van der Waals surface area contributed by atoms with Gasteiger partial charge in [-0.1, -0.05) is 50.1 Å². The lowest BCUT2D eigenvalue weighted by Gasteiger charge is -2.38. The Labute approximate surface area is 130 Å². The molecule has 0 aliphatic heterocycles. The van der Waals surface area contributed by atoms with Gasteiger partial charge in [-0.3, -0.25) is 0 Å². The molecule has 1 nitrogen and oxygen atoms in total. The van der Waals surface area contributed by atoms with Crippen LogP contribution in [0.15, 0.2) is 34.9 Å². The third-order valence-electron chi connectivity index (χ3n) is 5.87. The molecule has 2 aliphatic carbocycles. The maximum absolute atomic E-state index is 10.2. The van der Waals surface area contributed by atoms with Crippen molar-refractivity contribution in [2.24, 2.45) is 17.3 Å². The lowest BCUT2D eigenvalue weighted by Crippen LogP contribution is -2.29. The van der Waals surface area contributed by atoms with Crippen LogP contribution in [0.2, 0.25) is 0 Å². The van der Waals surface area contributed by atoms with E-state index < -0.39 is 0 Å². The molecule has 21 heavy (non-hydrogen) atoms. The van der Waals surface area contributed by atoms with Crippen molar-refractivity contribution >= 4 is 0 Å². The molecule has 0 saturated heterocycles.